The summed E-state index contributed by atoms with van der Waals surface area (Å²) in [5, 5.41) is 3.38. The molecule has 1 unspecified atom stereocenters. The molecule has 2 rings (SSSR count). The fraction of sp³-hybridized carbons (Fsp3) is 1.00. The molecular weight excluding hydrogens is 250 g/mol. The fourth-order valence-corrected chi connectivity index (χ4v) is 4.20. The van der Waals surface area contributed by atoms with Crippen molar-refractivity contribution in [3.8, 4) is 0 Å². The van der Waals surface area contributed by atoms with Gasteiger partial charge in [0.15, 0.2) is 0 Å². The zero-order valence-corrected chi connectivity index (χ0v) is 12.0. The zero-order chi connectivity index (χ0) is 13.0. The van der Waals surface area contributed by atoms with Gasteiger partial charge in [-0.1, -0.05) is 6.92 Å². The summed E-state index contributed by atoms with van der Waals surface area (Å²) < 4.78 is 28.5. The molecule has 2 N–H and O–H groups in total. The summed E-state index contributed by atoms with van der Waals surface area (Å²) >= 11 is 0. The lowest BCUT2D eigenvalue weighted by molar-refractivity contribution is 0.278. The minimum Gasteiger partial charge on any atom is -0.314 e. The highest BCUT2D eigenvalue weighted by Crippen LogP contribution is 2.17. The van der Waals surface area contributed by atoms with Crippen molar-refractivity contribution < 1.29 is 8.42 Å². The molecule has 0 saturated carbocycles. The molecule has 0 spiro atoms. The minimum absolute atomic E-state index is 0.479. The Morgan fingerprint density at radius 2 is 2.17 bits per heavy atom. The summed E-state index contributed by atoms with van der Waals surface area (Å²) in [4.78, 5) is 0. The average molecular weight is 275 g/mol. The molecule has 2 saturated heterocycles. The smallest absolute Gasteiger partial charge is 0.279 e. The highest BCUT2D eigenvalue weighted by Gasteiger charge is 2.26. The highest BCUT2D eigenvalue weighted by atomic mass is 32.2. The summed E-state index contributed by atoms with van der Waals surface area (Å²) in [7, 11) is -3.25. The largest absolute Gasteiger partial charge is 0.314 e. The van der Waals surface area contributed by atoms with Gasteiger partial charge in [-0.05, 0) is 44.6 Å². The van der Waals surface area contributed by atoms with Crippen LogP contribution in [-0.4, -0.2) is 44.9 Å². The van der Waals surface area contributed by atoms with Crippen molar-refractivity contribution in [3.05, 3.63) is 0 Å². The van der Waals surface area contributed by atoms with Crippen molar-refractivity contribution in [2.45, 2.75) is 45.1 Å². The van der Waals surface area contributed by atoms with Crippen molar-refractivity contribution in [3.63, 3.8) is 0 Å². The van der Waals surface area contributed by atoms with Gasteiger partial charge in [0, 0.05) is 25.7 Å². The molecule has 0 bridgehead atoms. The summed E-state index contributed by atoms with van der Waals surface area (Å²) in [5.41, 5.74) is 0. The minimum atomic E-state index is -3.25. The first-order valence-electron chi connectivity index (χ1n) is 7.06. The monoisotopic (exact) mass is 275 g/mol. The van der Waals surface area contributed by atoms with Crippen LogP contribution in [0.3, 0.4) is 0 Å². The third-order valence-corrected chi connectivity index (χ3v) is 5.48. The number of nitrogens with zero attached hydrogens (tertiary/aromatic N) is 1. The number of rotatable bonds is 5. The van der Waals surface area contributed by atoms with E-state index in [9.17, 15) is 8.42 Å². The summed E-state index contributed by atoms with van der Waals surface area (Å²) in [6.07, 6.45) is 5.39. The van der Waals surface area contributed by atoms with Gasteiger partial charge in [-0.3, -0.25) is 0 Å². The number of hydrogen-bond donors (Lipinski definition) is 2. The molecule has 18 heavy (non-hydrogen) atoms. The first kappa shape index (κ1) is 14.2. The van der Waals surface area contributed by atoms with Crippen LogP contribution in [0.2, 0.25) is 0 Å². The molecule has 0 aliphatic carbocycles. The molecule has 106 valence electrons. The third-order valence-electron chi connectivity index (χ3n) is 3.90. The Balaban J connectivity index is 1.75. The maximum Gasteiger partial charge on any atom is 0.279 e. The molecule has 2 aliphatic rings. The zero-order valence-electron chi connectivity index (χ0n) is 11.2. The summed E-state index contributed by atoms with van der Waals surface area (Å²) in [6, 6.07) is 0.493. The van der Waals surface area contributed by atoms with E-state index in [0.29, 0.717) is 31.6 Å². The second kappa shape index (κ2) is 6.32. The first-order valence-corrected chi connectivity index (χ1v) is 8.50. The predicted molar refractivity (Wildman–Crippen MR) is 72.5 cm³/mol. The molecule has 6 heteroatoms. The molecule has 2 fully saturated rings. The van der Waals surface area contributed by atoms with Crippen LogP contribution >= 0.6 is 0 Å². The molecule has 0 radical (unpaired) electrons. The lowest BCUT2D eigenvalue weighted by Crippen LogP contribution is -2.46. The summed E-state index contributed by atoms with van der Waals surface area (Å²) in [5.74, 6) is 0.479. The van der Waals surface area contributed by atoms with Gasteiger partial charge in [0.25, 0.3) is 10.2 Å². The maximum absolute atomic E-state index is 12.1. The van der Waals surface area contributed by atoms with Crippen LogP contribution in [0.1, 0.15) is 39.0 Å². The van der Waals surface area contributed by atoms with Gasteiger partial charge >= 0.3 is 0 Å². The Bertz CT molecular complexity index is 352. The molecule has 0 aromatic carbocycles. The third kappa shape index (κ3) is 3.91. The van der Waals surface area contributed by atoms with Gasteiger partial charge in [0.05, 0.1) is 0 Å². The van der Waals surface area contributed by atoms with Gasteiger partial charge < -0.3 is 5.32 Å². The Morgan fingerprint density at radius 3 is 2.83 bits per heavy atom. The topological polar surface area (TPSA) is 61.4 Å². The van der Waals surface area contributed by atoms with Gasteiger partial charge in [0.2, 0.25) is 0 Å². The van der Waals surface area contributed by atoms with E-state index in [1.54, 1.807) is 4.31 Å². The molecule has 0 aromatic rings. The number of piperidine rings is 1. The van der Waals surface area contributed by atoms with E-state index in [1.807, 2.05) is 0 Å². The van der Waals surface area contributed by atoms with Gasteiger partial charge in [0.1, 0.15) is 0 Å². The van der Waals surface area contributed by atoms with Crippen molar-refractivity contribution in [2.24, 2.45) is 5.92 Å². The number of hydrogen-bond acceptors (Lipinski definition) is 3. The highest BCUT2D eigenvalue weighted by molar-refractivity contribution is 7.87. The molecule has 2 heterocycles. The molecule has 2 atom stereocenters. The Labute approximate surface area is 110 Å². The second-order valence-electron chi connectivity index (χ2n) is 5.59. The normalized spacial score (nSPS) is 30.7. The molecule has 5 nitrogen and oxygen atoms in total. The SMILES string of the molecule is CC1CCCN(S(=O)(=O)NCC[C@H]2CCCN2)C1. The Morgan fingerprint density at radius 1 is 1.33 bits per heavy atom. The van der Waals surface area contributed by atoms with Crippen LogP contribution in [0.4, 0.5) is 0 Å². The lowest BCUT2D eigenvalue weighted by Gasteiger charge is -2.30. The first-order chi connectivity index (χ1) is 8.58. The van der Waals surface area contributed by atoms with Crippen LogP contribution in [0, 0.1) is 5.92 Å². The standard InChI is InChI=1S/C12H25N3O2S/c1-11-4-3-9-15(10-11)18(16,17)14-8-6-12-5-2-7-13-12/h11-14H,2-10H2,1H3/t11?,12-/m1/s1. The van der Waals surface area contributed by atoms with E-state index in [2.05, 4.69) is 17.0 Å². The number of nitrogens with one attached hydrogen (secondary N) is 2. The van der Waals surface area contributed by atoms with Crippen molar-refractivity contribution in [1.82, 2.24) is 14.3 Å². The van der Waals surface area contributed by atoms with Crippen LogP contribution in [0.25, 0.3) is 0 Å². The van der Waals surface area contributed by atoms with Crippen molar-refractivity contribution >= 4 is 10.2 Å². The summed E-state index contributed by atoms with van der Waals surface area (Å²) in [6.45, 7) is 5.06. The van der Waals surface area contributed by atoms with Gasteiger partial charge in [-0.2, -0.15) is 12.7 Å². The Kier molecular flexibility index (Phi) is 5.00. The van der Waals surface area contributed by atoms with Crippen molar-refractivity contribution in [2.75, 3.05) is 26.2 Å². The average Bonchev–Trinajstić information content (AvgIpc) is 2.82. The van der Waals surface area contributed by atoms with E-state index in [-0.39, 0.29) is 0 Å². The van der Waals surface area contributed by atoms with Crippen LogP contribution in [-0.2, 0) is 10.2 Å². The van der Waals surface area contributed by atoms with Crippen LogP contribution in [0.5, 0.6) is 0 Å². The van der Waals surface area contributed by atoms with E-state index < -0.39 is 10.2 Å². The van der Waals surface area contributed by atoms with Gasteiger partial charge in [-0.25, -0.2) is 4.72 Å². The molecule has 0 aromatic heterocycles. The predicted octanol–water partition coefficient (Wildman–Crippen LogP) is 0.695. The molecule has 2 aliphatic heterocycles. The van der Waals surface area contributed by atoms with Gasteiger partial charge in [-0.15, -0.1) is 0 Å². The van der Waals surface area contributed by atoms with E-state index in [0.717, 1.165) is 25.8 Å². The van der Waals surface area contributed by atoms with E-state index in [4.69, 9.17) is 0 Å². The van der Waals surface area contributed by atoms with Crippen LogP contribution < -0.4 is 10.0 Å². The van der Waals surface area contributed by atoms with E-state index >= 15 is 0 Å². The van der Waals surface area contributed by atoms with Crippen LogP contribution in [0.15, 0.2) is 0 Å². The quantitative estimate of drug-likeness (QED) is 0.776. The fourth-order valence-electron chi connectivity index (χ4n) is 2.82. The van der Waals surface area contributed by atoms with E-state index in [1.165, 1.54) is 12.8 Å². The maximum atomic E-state index is 12.1. The second-order valence-corrected chi connectivity index (χ2v) is 7.34. The Hall–Kier alpha value is -0.170. The molecule has 0 amide bonds. The van der Waals surface area contributed by atoms with Crippen molar-refractivity contribution in [1.29, 1.82) is 0 Å². The lowest BCUT2D eigenvalue weighted by atomic mass is 10.0. The molecular formula is C12H25N3O2S.